The highest BCUT2D eigenvalue weighted by Crippen LogP contribution is 2.40. The van der Waals surface area contributed by atoms with Crippen molar-refractivity contribution >= 4 is 6.08 Å². The van der Waals surface area contributed by atoms with Crippen molar-refractivity contribution in [2.24, 2.45) is 0 Å². The van der Waals surface area contributed by atoms with E-state index in [1.54, 1.807) is 6.08 Å². The van der Waals surface area contributed by atoms with Gasteiger partial charge in [-0.15, -0.1) is 6.58 Å². The van der Waals surface area contributed by atoms with Crippen LogP contribution in [0.5, 0.6) is 0 Å². The quantitative estimate of drug-likeness (QED) is 0.393. The van der Waals surface area contributed by atoms with Gasteiger partial charge in [0.15, 0.2) is 0 Å². The summed E-state index contributed by atoms with van der Waals surface area (Å²) in [5, 5.41) is 0. The maximum absolute atomic E-state index is 5.52. The van der Waals surface area contributed by atoms with Gasteiger partial charge < -0.3 is 4.74 Å². The molecule has 2 aromatic carbocycles. The predicted molar refractivity (Wildman–Crippen MR) is 111 cm³/mol. The van der Waals surface area contributed by atoms with Crippen molar-refractivity contribution in [3.8, 4) is 0 Å². The number of hydrogen-bond acceptors (Lipinski definition) is 1. The van der Waals surface area contributed by atoms with Crippen LogP contribution in [-0.4, -0.2) is 6.61 Å². The lowest BCUT2D eigenvalue weighted by Crippen LogP contribution is -2.12. The van der Waals surface area contributed by atoms with Gasteiger partial charge in [-0.05, 0) is 66.7 Å². The van der Waals surface area contributed by atoms with E-state index in [-0.39, 0.29) is 0 Å². The Morgan fingerprint density at radius 1 is 0.885 bits per heavy atom. The Bertz CT molecular complexity index is 701. The molecule has 26 heavy (non-hydrogen) atoms. The molecule has 0 heterocycles. The van der Waals surface area contributed by atoms with Gasteiger partial charge in [0.2, 0.25) is 0 Å². The van der Waals surface area contributed by atoms with E-state index in [4.69, 9.17) is 4.74 Å². The summed E-state index contributed by atoms with van der Waals surface area (Å²) in [4.78, 5) is 0. The van der Waals surface area contributed by atoms with Gasteiger partial charge in [0.25, 0.3) is 0 Å². The standard InChI is InChI=1S/C25H30O/c1-3-5-20-6-10-22(11-7-20)24-14-16-25(17-15-24)23-12-8-21(9-13-23)19-26-18-4-2/h3-13,24-25H,2,14-19H2,1H3/b5-3-. The molecule has 0 unspecified atom stereocenters. The monoisotopic (exact) mass is 346 g/mol. The number of benzene rings is 2. The third-order valence-electron chi connectivity index (χ3n) is 5.45. The first-order valence-corrected chi connectivity index (χ1v) is 9.80. The number of rotatable bonds is 7. The molecule has 0 saturated heterocycles. The summed E-state index contributed by atoms with van der Waals surface area (Å²) in [5.74, 6) is 1.43. The van der Waals surface area contributed by atoms with Gasteiger partial charge in [0.05, 0.1) is 13.2 Å². The molecule has 0 aromatic heterocycles. The van der Waals surface area contributed by atoms with E-state index in [0.29, 0.717) is 19.1 Å². The van der Waals surface area contributed by atoms with Crippen molar-refractivity contribution in [2.45, 2.75) is 51.0 Å². The van der Waals surface area contributed by atoms with Gasteiger partial charge >= 0.3 is 0 Å². The largest absolute Gasteiger partial charge is 0.373 e. The molecular weight excluding hydrogens is 316 g/mol. The van der Waals surface area contributed by atoms with Crippen LogP contribution in [0.3, 0.4) is 0 Å². The highest BCUT2D eigenvalue weighted by atomic mass is 16.5. The maximum Gasteiger partial charge on any atom is 0.0721 e. The highest BCUT2D eigenvalue weighted by Gasteiger charge is 2.23. The SMILES string of the molecule is C=CCOCc1ccc(C2CCC(c3ccc(/C=C\C)cc3)CC2)cc1. The lowest BCUT2D eigenvalue weighted by atomic mass is 9.76. The summed E-state index contributed by atoms with van der Waals surface area (Å²) < 4.78 is 5.52. The Morgan fingerprint density at radius 2 is 1.42 bits per heavy atom. The number of allylic oxidation sites excluding steroid dienone is 1. The summed E-state index contributed by atoms with van der Waals surface area (Å²) in [6.07, 6.45) is 11.2. The van der Waals surface area contributed by atoms with Crippen LogP contribution in [0.4, 0.5) is 0 Å². The van der Waals surface area contributed by atoms with Crippen LogP contribution < -0.4 is 0 Å². The molecule has 1 heteroatoms. The second-order valence-corrected chi connectivity index (χ2v) is 7.26. The van der Waals surface area contributed by atoms with Gasteiger partial charge in [0.1, 0.15) is 0 Å². The molecule has 136 valence electrons. The van der Waals surface area contributed by atoms with Crippen LogP contribution in [0.15, 0.2) is 67.3 Å². The third kappa shape index (κ3) is 4.95. The topological polar surface area (TPSA) is 9.23 Å². The molecule has 1 fully saturated rings. The average Bonchev–Trinajstić information content (AvgIpc) is 2.70. The van der Waals surface area contributed by atoms with Gasteiger partial charge in [-0.3, -0.25) is 0 Å². The van der Waals surface area contributed by atoms with Crippen LogP contribution >= 0.6 is 0 Å². The van der Waals surface area contributed by atoms with Gasteiger partial charge in [0, 0.05) is 0 Å². The zero-order valence-electron chi connectivity index (χ0n) is 15.9. The first kappa shape index (κ1) is 18.7. The van der Waals surface area contributed by atoms with Crippen LogP contribution in [0, 0.1) is 0 Å². The predicted octanol–water partition coefficient (Wildman–Crippen LogP) is 6.86. The highest BCUT2D eigenvalue weighted by molar-refractivity contribution is 5.49. The Morgan fingerprint density at radius 3 is 1.92 bits per heavy atom. The van der Waals surface area contributed by atoms with E-state index in [1.807, 2.05) is 0 Å². The van der Waals surface area contributed by atoms with E-state index >= 15 is 0 Å². The molecule has 0 aliphatic heterocycles. The summed E-state index contributed by atoms with van der Waals surface area (Å²) in [7, 11) is 0. The minimum Gasteiger partial charge on any atom is -0.373 e. The molecule has 1 aliphatic carbocycles. The minimum absolute atomic E-state index is 0.613. The van der Waals surface area contributed by atoms with E-state index in [2.05, 4.69) is 74.2 Å². The minimum atomic E-state index is 0.613. The van der Waals surface area contributed by atoms with E-state index in [1.165, 1.54) is 47.9 Å². The average molecular weight is 347 g/mol. The third-order valence-corrected chi connectivity index (χ3v) is 5.45. The zero-order chi connectivity index (χ0) is 18.2. The molecule has 0 radical (unpaired) electrons. The summed E-state index contributed by atoms with van der Waals surface area (Å²) in [5.41, 5.74) is 5.53. The molecule has 0 amide bonds. The Hall–Kier alpha value is -2.12. The van der Waals surface area contributed by atoms with Crippen LogP contribution in [-0.2, 0) is 11.3 Å². The molecule has 0 atom stereocenters. The second-order valence-electron chi connectivity index (χ2n) is 7.26. The van der Waals surface area contributed by atoms with Crippen LogP contribution in [0.1, 0.15) is 66.7 Å². The summed E-state index contributed by atoms with van der Waals surface area (Å²) in [6, 6.07) is 18.1. The first-order valence-electron chi connectivity index (χ1n) is 9.80. The number of hydrogen-bond donors (Lipinski definition) is 0. The summed E-state index contributed by atoms with van der Waals surface area (Å²) in [6.45, 7) is 7.03. The molecule has 0 bridgehead atoms. The Kier molecular flexibility index (Phi) is 6.85. The van der Waals surface area contributed by atoms with Crippen molar-refractivity contribution in [1.82, 2.24) is 0 Å². The normalized spacial score (nSPS) is 20.3. The van der Waals surface area contributed by atoms with Crippen molar-refractivity contribution in [3.63, 3.8) is 0 Å². The fourth-order valence-electron chi connectivity index (χ4n) is 3.98. The molecule has 0 N–H and O–H groups in total. The van der Waals surface area contributed by atoms with Crippen LogP contribution in [0.25, 0.3) is 6.08 Å². The van der Waals surface area contributed by atoms with Crippen molar-refractivity contribution in [3.05, 3.63) is 89.5 Å². The van der Waals surface area contributed by atoms with Crippen molar-refractivity contribution < 1.29 is 4.74 Å². The lowest BCUT2D eigenvalue weighted by Gasteiger charge is -2.29. The molecular formula is C25H30O. The fraction of sp³-hybridized carbons (Fsp3) is 0.360. The second kappa shape index (κ2) is 9.54. The Labute approximate surface area is 158 Å². The molecule has 0 spiro atoms. The van der Waals surface area contributed by atoms with Gasteiger partial charge in [-0.2, -0.15) is 0 Å². The molecule has 1 saturated carbocycles. The molecule has 3 rings (SSSR count). The molecule has 1 aliphatic rings. The maximum atomic E-state index is 5.52. The smallest absolute Gasteiger partial charge is 0.0721 e. The lowest BCUT2D eigenvalue weighted by molar-refractivity contribution is 0.149. The zero-order valence-corrected chi connectivity index (χ0v) is 15.9. The first-order chi connectivity index (χ1) is 12.8. The van der Waals surface area contributed by atoms with Gasteiger partial charge in [-0.1, -0.05) is 66.8 Å². The Balaban J connectivity index is 1.53. The van der Waals surface area contributed by atoms with Crippen molar-refractivity contribution in [1.29, 1.82) is 0 Å². The molecule has 1 nitrogen and oxygen atoms in total. The van der Waals surface area contributed by atoms with E-state index in [9.17, 15) is 0 Å². The molecule has 2 aromatic rings. The summed E-state index contributed by atoms with van der Waals surface area (Å²) >= 11 is 0. The van der Waals surface area contributed by atoms with Crippen LogP contribution in [0.2, 0.25) is 0 Å². The van der Waals surface area contributed by atoms with E-state index < -0.39 is 0 Å². The van der Waals surface area contributed by atoms with Crippen molar-refractivity contribution in [2.75, 3.05) is 6.61 Å². The number of ether oxygens (including phenoxy) is 1. The van der Waals surface area contributed by atoms with Gasteiger partial charge in [-0.25, -0.2) is 0 Å². The van der Waals surface area contributed by atoms with E-state index in [0.717, 1.165) is 5.92 Å². The fourth-order valence-corrected chi connectivity index (χ4v) is 3.98.